The van der Waals surface area contributed by atoms with Crippen molar-refractivity contribution in [2.24, 2.45) is 0 Å². The van der Waals surface area contributed by atoms with Crippen LogP contribution in [0.4, 0.5) is 10.5 Å². The summed E-state index contributed by atoms with van der Waals surface area (Å²) in [4.78, 5) is 24.1. The van der Waals surface area contributed by atoms with E-state index in [0.29, 0.717) is 11.3 Å². The Morgan fingerprint density at radius 2 is 1.92 bits per heavy atom. The molecule has 2 aromatic rings. The molecule has 0 bridgehead atoms. The highest BCUT2D eigenvalue weighted by Gasteiger charge is 2.16. The first kappa shape index (κ1) is 19.3. The molecular weight excluding hydrogens is 332 g/mol. The van der Waals surface area contributed by atoms with Gasteiger partial charge in [0.1, 0.15) is 5.75 Å². The largest absolute Gasteiger partial charge is 0.496 e. The molecule has 6 heteroatoms. The highest BCUT2D eigenvalue weighted by molar-refractivity contribution is 5.96. The fraction of sp³-hybridized carbons (Fsp3) is 0.300. The topological polar surface area (TPSA) is 76.7 Å². The molecule has 2 amide bonds. The van der Waals surface area contributed by atoms with Crippen LogP contribution in [0.3, 0.4) is 0 Å². The third-order valence-electron chi connectivity index (χ3n) is 3.85. The van der Waals surface area contributed by atoms with Crippen molar-refractivity contribution in [2.45, 2.75) is 26.8 Å². The maximum absolute atomic E-state index is 12.6. The van der Waals surface area contributed by atoms with Gasteiger partial charge >= 0.3 is 6.09 Å². The first-order valence-corrected chi connectivity index (χ1v) is 8.43. The summed E-state index contributed by atoms with van der Waals surface area (Å²) in [5.74, 6) is 0.481. The van der Waals surface area contributed by atoms with Crippen molar-refractivity contribution in [3.63, 3.8) is 0 Å². The average Bonchev–Trinajstić information content (AvgIpc) is 2.62. The molecule has 2 rings (SSSR count). The van der Waals surface area contributed by atoms with Crippen LogP contribution in [0.15, 0.2) is 42.5 Å². The van der Waals surface area contributed by atoms with Gasteiger partial charge in [-0.1, -0.05) is 23.8 Å². The molecule has 0 heterocycles. The summed E-state index contributed by atoms with van der Waals surface area (Å²) in [6.07, 6.45) is -0.553. The van der Waals surface area contributed by atoms with Gasteiger partial charge in [-0.15, -0.1) is 0 Å². The molecule has 0 unspecified atom stereocenters. The number of rotatable bonds is 6. The van der Waals surface area contributed by atoms with Gasteiger partial charge in [-0.25, -0.2) is 4.79 Å². The van der Waals surface area contributed by atoms with Crippen molar-refractivity contribution in [1.29, 1.82) is 0 Å². The third kappa shape index (κ3) is 4.99. The Morgan fingerprint density at radius 3 is 2.62 bits per heavy atom. The number of hydrogen-bond donors (Lipinski definition) is 2. The highest BCUT2D eigenvalue weighted by atomic mass is 16.5. The molecule has 0 aliphatic heterocycles. The van der Waals surface area contributed by atoms with Gasteiger partial charge in [0.2, 0.25) is 0 Å². The number of ether oxygens (including phenoxy) is 2. The monoisotopic (exact) mass is 356 g/mol. The molecule has 0 aromatic heterocycles. The highest BCUT2D eigenvalue weighted by Crippen LogP contribution is 2.26. The molecule has 0 saturated carbocycles. The molecule has 2 aromatic carbocycles. The second-order valence-corrected chi connectivity index (χ2v) is 5.87. The van der Waals surface area contributed by atoms with E-state index >= 15 is 0 Å². The third-order valence-corrected chi connectivity index (χ3v) is 3.85. The van der Waals surface area contributed by atoms with Crippen LogP contribution in [0.2, 0.25) is 0 Å². The Bertz CT molecular complexity index is 789. The number of methoxy groups -OCH3 is 1. The van der Waals surface area contributed by atoms with Crippen LogP contribution in [0, 0.1) is 6.92 Å². The number of anilines is 1. The minimum absolute atomic E-state index is 0.237. The minimum Gasteiger partial charge on any atom is -0.496 e. The van der Waals surface area contributed by atoms with Gasteiger partial charge in [0.05, 0.1) is 19.8 Å². The van der Waals surface area contributed by atoms with Crippen molar-refractivity contribution in [3.8, 4) is 5.75 Å². The lowest BCUT2D eigenvalue weighted by atomic mass is 10.0. The summed E-state index contributed by atoms with van der Waals surface area (Å²) in [7, 11) is 1.60. The van der Waals surface area contributed by atoms with E-state index in [-0.39, 0.29) is 18.6 Å². The normalized spacial score (nSPS) is 11.4. The van der Waals surface area contributed by atoms with Crippen LogP contribution in [0.1, 0.15) is 41.4 Å². The van der Waals surface area contributed by atoms with Crippen LogP contribution in [0.5, 0.6) is 5.75 Å². The Hall–Kier alpha value is -3.02. The Labute approximate surface area is 153 Å². The van der Waals surface area contributed by atoms with Gasteiger partial charge in [0.15, 0.2) is 0 Å². The quantitative estimate of drug-likeness (QED) is 0.818. The minimum atomic E-state index is -0.553. The van der Waals surface area contributed by atoms with Gasteiger partial charge in [0, 0.05) is 16.8 Å². The fourth-order valence-corrected chi connectivity index (χ4v) is 2.57. The summed E-state index contributed by atoms with van der Waals surface area (Å²) >= 11 is 0. The van der Waals surface area contributed by atoms with E-state index in [2.05, 4.69) is 10.6 Å². The van der Waals surface area contributed by atoms with Crippen molar-refractivity contribution in [2.75, 3.05) is 19.0 Å². The first-order valence-electron chi connectivity index (χ1n) is 8.43. The molecule has 0 aliphatic rings. The molecule has 2 N–H and O–H groups in total. The van der Waals surface area contributed by atoms with Crippen LogP contribution >= 0.6 is 0 Å². The van der Waals surface area contributed by atoms with E-state index in [9.17, 15) is 9.59 Å². The zero-order valence-corrected chi connectivity index (χ0v) is 15.5. The van der Waals surface area contributed by atoms with Gasteiger partial charge < -0.3 is 14.8 Å². The van der Waals surface area contributed by atoms with Crippen molar-refractivity contribution in [1.82, 2.24) is 5.32 Å². The van der Waals surface area contributed by atoms with E-state index in [4.69, 9.17) is 9.47 Å². The molecule has 26 heavy (non-hydrogen) atoms. The van der Waals surface area contributed by atoms with Crippen molar-refractivity contribution in [3.05, 3.63) is 59.2 Å². The average molecular weight is 356 g/mol. The van der Waals surface area contributed by atoms with E-state index in [1.807, 2.05) is 32.0 Å². The lowest BCUT2D eigenvalue weighted by Crippen LogP contribution is -2.27. The summed E-state index contributed by atoms with van der Waals surface area (Å²) in [5.41, 5.74) is 2.93. The molecule has 0 radical (unpaired) electrons. The molecule has 1 atom stereocenters. The predicted molar refractivity (Wildman–Crippen MR) is 101 cm³/mol. The van der Waals surface area contributed by atoms with Gasteiger partial charge in [-0.3, -0.25) is 10.1 Å². The number of carbonyl (C=O) groups excluding carboxylic acids is 2. The standard InChI is InChI=1S/C20H24N2O4/c1-5-26-20(24)22-16-8-6-7-15(12-16)19(23)21-14(3)17-11-13(2)9-10-18(17)25-4/h6-12,14H,5H2,1-4H3,(H,21,23)(H,22,24)/t14-/m0/s1. The van der Waals surface area contributed by atoms with Gasteiger partial charge in [-0.2, -0.15) is 0 Å². The van der Waals surface area contributed by atoms with Gasteiger partial charge in [0.25, 0.3) is 5.91 Å². The second kappa shape index (κ2) is 8.89. The Kier molecular flexibility index (Phi) is 6.60. The maximum Gasteiger partial charge on any atom is 0.411 e. The summed E-state index contributed by atoms with van der Waals surface area (Å²) in [6.45, 7) is 5.89. The van der Waals surface area contributed by atoms with Crippen LogP contribution < -0.4 is 15.4 Å². The molecule has 0 fully saturated rings. The SMILES string of the molecule is CCOC(=O)Nc1cccc(C(=O)N[C@@H](C)c2cc(C)ccc2OC)c1. The molecule has 0 aliphatic carbocycles. The molecule has 6 nitrogen and oxygen atoms in total. The molecular formula is C20H24N2O4. The van der Waals surface area contributed by atoms with Crippen LogP contribution in [0.25, 0.3) is 0 Å². The molecule has 0 spiro atoms. The van der Waals surface area contributed by atoms with E-state index in [0.717, 1.165) is 16.9 Å². The smallest absolute Gasteiger partial charge is 0.411 e. The molecule has 138 valence electrons. The van der Waals surface area contributed by atoms with E-state index < -0.39 is 6.09 Å². The Morgan fingerprint density at radius 1 is 1.15 bits per heavy atom. The van der Waals surface area contributed by atoms with E-state index in [1.165, 1.54) is 0 Å². The predicted octanol–water partition coefficient (Wildman–Crippen LogP) is 4.06. The Balaban J connectivity index is 2.12. The van der Waals surface area contributed by atoms with Crippen LogP contribution in [-0.4, -0.2) is 25.7 Å². The summed E-state index contributed by atoms with van der Waals surface area (Å²) < 4.78 is 10.2. The first-order chi connectivity index (χ1) is 12.4. The lowest BCUT2D eigenvalue weighted by Gasteiger charge is -2.18. The van der Waals surface area contributed by atoms with E-state index in [1.54, 1.807) is 38.3 Å². The maximum atomic E-state index is 12.6. The van der Waals surface area contributed by atoms with Crippen molar-refractivity contribution >= 4 is 17.7 Å². The lowest BCUT2D eigenvalue weighted by molar-refractivity contribution is 0.0939. The summed E-state index contributed by atoms with van der Waals surface area (Å²) in [5, 5.41) is 5.54. The number of aryl methyl sites for hydroxylation is 1. The number of amides is 2. The number of benzene rings is 2. The van der Waals surface area contributed by atoms with Gasteiger partial charge in [-0.05, 0) is 45.0 Å². The van der Waals surface area contributed by atoms with Crippen LogP contribution in [-0.2, 0) is 4.74 Å². The van der Waals surface area contributed by atoms with Crippen molar-refractivity contribution < 1.29 is 19.1 Å². The zero-order valence-electron chi connectivity index (χ0n) is 15.5. The fourth-order valence-electron chi connectivity index (χ4n) is 2.57. The second-order valence-electron chi connectivity index (χ2n) is 5.87. The number of carbonyl (C=O) groups is 2. The number of nitrogens with one attached hydrogen (secondary N) is 2. The molecule has 0 saturated heterocycles. The summed E-state index contributed by atoms with van der Waals surface area (Å²) in [6, 6.07) is 12.3. The zero-order chi connectivity index (χ0) is 19.1. The number of hydrogen-bond acceptors (Lipinski definition) is 4.